The highest BCUT2D eigenvalue weighted by molar-refractivity contribution is 6.10. The third-order valence-corrected chi connectivity index (χ3v) is 4.23. The number of ether oxygens (including phenoxy) is 1. The second-order valence-corrected chi connectivity index (χ2v) is 5.75. The van der Waals surface area contributed by atoms with Gasteiger partial charge in [-0.3, -0.25) is 9.59 Å². The van der Waals surface area contributed by atoms with Crippen LogP contribution in [-0.4, -0.2) is 34.6 Å². The van der Waals surface area contributed by atoms with Crippen molar-refractivity contribution >= 4 is 11.8 Å². The zero-order valence-electron chi connectivity index (χ0n) is 13.7. The smallest absolute Gasteiger partial charge is 0.321 e. The quantitative estimate of drug-likeness (QED) is 0.670. The van der Waals surface area contributed by atoms with Gasteiger partial charge in [0.1, 0.15) is 5.82 Å². The molecule has 0 aliphatic carbocycles. The molecule has 2 heterocycles. The summed E-state index contributed by atoms with van der Waals surface area (Å²) >= 11 is 0. The Morgan fingerprint density at radius 2 is 2.08 bits per heavy atom. The zero-order chi connectivity index (χ0) is 18.0. The third kappa shape index (κ3) is 3.13. The number of ketones is 1. The lowest BCUT2D eigenvalue weighted by atomic mass is 9.85. The molecule has 0 saturated carbocycles. The third-order valence-electron chi connectivity index (χ3n) is 4.23. The number of carbonyl (C=O) groups is 2. The Hall–Kier alpha value is -2.73. The molecule has 0 saturated heterocycles. The predicted octanol–water partition coefficient (Wildman–Crippen LogP) is 2.09. The average molecular weight is 343 g/mol. The minimum Gasteiger partial charge on any atom is -0.465 e. The molecule has 1 aromatic carbocycles. The first kappa shape index (κ1) is 17.1. The number of esters is 1. The minimum atomic E-state index is -1.36. The number of allylic oxidation sites excluding steroid dienone is 4. The fraction of sp³-hybridized carbons (Fsp3) is 0.263. The lowest BCUT2D eigenvalue weighted by molar-refractivity contribution is -0.160. The van der Waals surface area contributed by atoms with Crippen molar-refractivity contribution in [3.63, 3.8) is 0 Å². The van der Waals surface area contributed by atoms with E-state index in [1.54, 1.807) is 49.6 Å². The highest BCUT2D eigenvalue weighted by atomic mass is 19.1. The molecule has 0 spiro atoms. The number of halogens is 1. The maximum Gasteiger partial charge on any atom is 0.321 e. The van der Waals surface area contributed by atoms with E-state index in [2.05, 4.69) is 0 Å². The Labute approximate surface area is 144 Å². The van der Waals surface area contributed by atoms with Crippen molar-refractivity contribution in [2.75, 3.05) is 6.61 Å². The van der Waals surface area contributed by atoms with Crippen LogP contribution in [0.2, 0.25) is 0 Å². The van der Waals surface area contributed by atoms with Gasteiger partial charge in [0.2, 0.25) is 0 Å². The summed E-state index contributed by atoms with van der Waals surface area (Å²) in [5.41, 5.74) is 1.08. The molecule has 2 aliphatic rings. The van der Waals surface area contributed by atoms with Gasteiger partial charge < -0.3 is 14.7 Å². The summed E-state index contributed by atoms with van der Waals surface area (Å²) in [5, 5.41) is 10.5. The first-order valence-electron chi connectivity index (χ1n) is 8.03. The van der Waals surface area contributed by atoms with Crippen LogP contribution in [0.5, 0.6) is 0 Å². The largest absolute Gasteiger partial charge is 0.465 e. The van der Waals surface area contributed by atoms with Crippen molar-refractivity contribution in [3.05, 3.63) is 71.3 Å². The number of fused-ring (bicyclic) bond motifs is 1. The highest BCUT2D eigenvalue weighted by Gasteiger charge is 2.45. The van der Waals surface area contributed by atoms with Crippen molar-refractivity contribution in [1.82, 2.24) is 4.90 Å². The minimum absolute atomic E-state index is 0.0259. The standard InChI is InChI=1S/C19H18FNO4/c1-2-25-19(24)16-17(22)13(11-12-7-3-4-8-14(12)20)15-9-5-6-10-21(15)18(16)23/h3-10,16,18,23H,2,11H2,1H3. The monoisotopic (exact) mass is 343 g/mol. The van der Waals surface area contributed by atoms with Crippen LogP contribution in [0.4, 0.5) is 4.39 Å². The van der Waals surface area contributed by atoms with E-state index in [9.17, 15) is 19.1 Å². The Morgan fingerprint density at radius 3 is 2.80 bits per heavy atom. The van der Waals surface area contributed by atoms with E-state index in [4.69, 9.17) is 4.74 Å². The number of rotatable bonds is 4. The molecule has 5 nitrogen and oxygen atoms in total. The van der Waals surface area contributed by atoms with E-state index in [0.29, 0.717) is 11.3 Å². The number of aliphatic hydroxyl groups is 1. The first-order valence-corrected chi connectivity index (χ1v) is 8.03. The van der Waals surface area contributed by atoms with Gasteiger partial charge in [-0.2, -0.15) is 0 Å². The SMILES string of the molecule is CCOC(=O)C1C(=O)C(Cc2ccccc2F)=C2C=CC=CN2C1O. The molecule has 2 unspecified atom stereocenters. The van der Waals surface area contributed by atoms with E-state index >= 15 is 0 Å². The van der Waals surface area contributed by atoms with Gasteiger partial charge in [0.25, 0.3) is 0 Å². The summed E-state index contributed by atoms with van der Waals surface area (Å²) in [4.78, 5) is 26.5. The molecule has 0 bridgehead atoms. The van der Waals surface area contributed by atoms with Gasteiger partial charge in [-0.15, -0.1) is 0 Å². The van der Waals surface area contributed by atoms with E-state index < -0.39 is 29.7 Å². The van der Waals surface area contributed by atoms with Gasteiger partial charge in [-0.05, 0) is 30.7 Å². The number of benzene rings is 1. The molecule has 1 aromatic rings. The van der Waals surface area contributed by atoms with E-state index in [-0.39, 0.29) is 18.6 Å². The van der Waals surface area contributed by atoms with E-state index in [1.165, 1.54) is 11.0 Å². The summed E-state index contributed by atoms with van der Waals surface area (Å²) in [6.45, 7) is 1.73. The molecule has 0 amide bonds. The molecule has 2 atom stereocenters. The Balaban J connectivity index is 2.04. The van der Waals surface area contributed by atoms with Gasteiger partial charge in [0, 0.05) is 18.2 Å². The number of nitrogens with zero attached hydrogens (tertiary/aromatic N) is 1. The summed E-state index contributed by atoms with van der Waals surface area (Å²) in [7, 11) is 0. The molecule has 130 valence electrons. The number of hydrogen-bond donors (Lipinski definition) is 1. The van der Waals surface area contributed by atoms with Crippen molar-refractivity contribution in [3.8, 4) is 0 Å². The maximum atomic E-state index is 14.0. The molecule has 0 aromatic heterocycles. The Kier molecular flexibility index (Phi) is 4.81. The molecular weight excluding hydrogens is 325 g/mol. The number of Topliss-reactive ketones (excluding diaryl/α,β-unsaturated/α-hetero) is 1. The fourth-order valence-corrected chi connectivity index (χ4v) is 3.02. The number of hydrogen-bond acceptors (Lipinski definition) is 5. The van der Waals surface area contributed by atoms with Crippen molar-refractivity contribution in [1.29, 1.82) is 0 Å². The van der Waals surface area contributed by atoms with Crippen LogP contribution in [0.1, 0.15) is 12.5 Å². The molecule has 0 radical (unpaired) electrons. The number of aliphatic hydroxyl groups excluding tert-OH is 1. The topological polar surface area (TPSA) is 66.8 Å². The van der Waals surface area contributed by atoms with Crippen LogP contribution in [0.25, 0.3) is 0 Å². The average Bonchev–Trinajstić information content (AvgIpc) is 2.60. The summed E-state index contributed by atoms with van der Waals surface area (Å²) < 4.78 is 19.0. The molecule has 0 fully saturated rings. The lowest BCUT2D eigenvalue weighted by Gasteiger charge is -2.38. The van der Waals surface area contributed by atoms with Gasteiger partial charge in [0.05, 0.1) is 12.3 Å². The van der Waals surface area contributed by atoms with Crippen molar-refractivity contribution < 1.29 is 23.8 Å². The van der Waals surface area contributed by atoms with Crippen LogP contribution >= 0.6 is 0 Å². The number of carbonyl (C=O) groups excluding carboxylic acids is 2. The second-order valence-electron chi connectivity index (χ2n) is 5.75. The zero-order valence-corrected chi connectivity index (χ0v) is 13.7. The normalized spacial score (nSPS) is 22.2. The van der Waals surface area contributed by atoms with Crippen molar-refractivity contribution in [2.45, 2.75) is 19.6 Å². The van der Waals surface area contributed by atoms with Crippen molar-refractivity contribution in [2.24, 2.45) is 5.92 Å². The molecular formula is C19H18FNO4. The fourth-order valence-electron chi connectivity index (χ4n) is 3.02. The Morgan fingerprint density at radius 1 is 1.32 bits per heavy atom. The molecule has 25 heavy (non-hydrogen) atoms. The molecule has 6 heteroatoms. The molecule has 3 rings (SSSR count). The Bertz CT molecular complexity index is 796. The van der Waals surface area contributed by atoms with Crippen LogP contribution in [0, 0.1) is 11.7 Å². The van der Waals surface area contributed by atoms with E-state index in [0.717, 1.165) is 0 Å². The van der Waals surface area contributed by atoms with Gasteiger partial charge in [-0.25, -0.2) is 4.39 Å². The summed E-state index contributed by atoms with van der Waals surface area (Å²) in [5.74, 6) is -3.11. The lowest BCUT2D eigenvalue weighted by Crippen LogP contribution is -2.50. The van der Waals surface area contributed by atoms with Crippen LogP contribution in [0.15, 0.2) is 60.0 Å². The van der Waals surface area contributed by atoms with Crippen LogP contribution in [0.3, 0.4) is 0 Å². The van der Waals surface area contributed by atoms with Crippen LogP contribution < -0.4 is 0 Å². The molecule has 1 N–H and O–H groups in total. The summed E-state index contributed by atoms with van der Waals surface area (Å²) in [6, 6.07) is 6.16. The van der Waals surface area contributed by atoms with Crippen LogP contribution in [-0.2, 0) is 20.7 Å². The second kappa shape index (κ2) is 7.03. The van der Waals surface area contributed by atoms with Gasteiger partial charge in [-0.1, -0.05) is 24.3 Å². The highest BCUT2D eigenvalue weighted by Crippen LogP contribution is 2.33. The van der Waals surface area contributed by atoms with Gasteiger partial charge in [0.15, 0.2) is 17.9 Å². The van der Waals surface area contributed by atoms with E-state index in [1.807, 2.05) is 0 Å². The maximum absolute atomic E-state index is 14.0. The summed E-state index contributed by atoms with van der Waals surface area (Å²) in [6.07, 6.45) is 5.33. The van der Waals surface area contributed by atoms with Gasteiger partial charge >= 0.3 is 5.97 Å². The first-order chi connectivity index (χ1) is 12.0. The predicted molar refractivity (Wildman–Crippen MR) is 88.4 cm³/mol. The molecule has 2 aliphatic heterocycles.